The van der Waals surface area contributed by atoms with Crippen LogP contribution >= 0.6 is 23.2 Å². The van der Waals surface area contributed by atoms with Crippen molar-refractivity contribution in [2.75, 3.05) is 5.73 Å². The number of aryl methyl sites for hydroxylation is 1. The Bertz CT molecular complexity index is 621. The molecule has 0 bridgehead atoms. The number of aromatic nitrogens is 3. The maximum atomic E-state index is 6.26. The van der Waals surface area contributed by atoms with Gasteiger partial charge in [0.05, 0.1) is 21.3 Å². The number of anilines is 1. The van der Waals surface area contributed by atoms with Gasteiger partial charge in [-0.25, -0.2) is 0 Å². The molecule has 3 rings (SSSR count). The minimum Gasteiger partial charge on any atom is -0.397 e. The number of nitrogens with zero attached hydrogens (tertiary/aromatic N) is 3. The van der Waals surface area contributed by atoms with E-state index in [2.05, 4.69) is 14.8 Å². The number of nitrogen functional groups attached to an aromatic ring is 1. The van der Waals surface area contributed by atoms with Crippen LogP contribution in [0.1, 0.15) is 25.1 Å². The predicted molar refractivity (Wildman–Crippen MR) is 77.4 cm³/mol. The quantitative estimate of drug-likeness (QED) is 0.819. The van der Waals surface area contributed by atoms with E-state index in [4.69, 9.17) is 28.9 Å². The molecular formula is C13H14Cl2N4. The van der Waals surface area contributed by atoms with Crippen LogP contribution in [0.15, 0.2) is 12.1 Å². The zero-order valence-electron chi connectivity index (χ0n) is 10.4. The molecule has 0 saturated heterocycles. The van der Waals surface area contributed by atoms with Gasteiger partial charge in [-0.3, -0.25) is 0 Å². The SMILES string of the molecule is Nc1c(Cl)ccc(Cl)c1-c1nnc2n1CCCCC2. The van der Waals surface area contributed by atoms with Crippen LogP contribution in [0.3, 0.4) is 0 Å². The van der Waals surface area contributed by atoms with Crippen LogP contribution in [-0.4, -0.2) is 14.8 Å². The molecule has 0 spiro atoms. The fourth-order valence-electron chi connectivity index (χ4n) is 2.46. The van der Waals surface area contributed by atoms with E-state index in [-0.39, 0.29) is 0 Å². The van der Waals surface area contributed by atoms with Crippen LogP contribution in [0.4, 0.5) is 5.69 Å². The van der Waals surface area contributed by atoms with E-state index in [1.807, 2.05) is 0 Å². The summed E-state index contributed by atoms with van der Waals surface area (Å²) in [5, 5.41) is 9.57. The van der Waals surface area contributed by atoms with E-state index in [9.17, 15) is 0 Å². The topological polar surface area (TPSA) is 56.7 Å². The predicted octanol–water partition coefficient (Wildman–Crippen LogP) is 3.56. The fraction of sp³-hybridized carbons (Fsp3) is 0.385. The van der Waals surface area contributed by atoms with Gasteiger partial charge in [0.15, 0.2) is 5.82 Å². The highest BCUT2D eigenvalue weighted by Gasteiger charge is 2.20. The molecule has 0 saturated carbocycles. The third-order valence-electron chi connectivity index (χ3n) is 3.47. The molecule has 0 fully saturated rings. The largest absolute Gasteiger partial charge is 0.397 e. The molecule has 0 atom stereocenters. The number of benzene rings is 1. The Balaban J connectivity index is 2.18. The molecule has 100 valence electrons. The molecule has 2 N–H and O–H groups in total. The summed E-state index contributed by atoms with van der Waals surface area (Å²) in [6, 6.07) is 3.44. The molecule has 1 aromatic carbocycles. The van der Waals surface area contributed by atoms with Crippen molar-refractivity contribution in [1.82, 2.24) is 14.8 Å². The van der Waals surface area contributed by atoms with Crippen LogP contribution in [-0.2, 0) is 13.0 Å². The van der Waals surface area contributed by atoms with Gasteiger partial charge in [-0.05, 0) is 25.0 Å². The van der Waals surface area contributed by atoms with Crippen LogP contribution in [0, 0.1) is 0 Å². The zero-order valence-corrected chi connectivity index (χ0v) is 11.9. The van der Waals surface area contributed by atoms with Gasteiger partial charge in [0.1, 0.15) is 5.82 Å². The average Bonchev–Trinajstić information content (AvgIpc) is 2.64. The minimum atomic E-state index is 0.466. The second-order valence-corrected chi connectivity index (χ2v) is 5.53. The van der Waals surface area contributed by atoms with Crippen LogP contribution < -0.4 is 5.73 Å². The molecule has 4 nitrogen and oxygen atoms in total. The third kappa shape index (κ3) is 2.19. The smallest absolute Gasteiger partial charge is 0.167 e. The van der Waals surface area contributed by atoms with Crippen molar-refractivity contribution in [2.24, 2.45) is 0 Å². The van der Waals surface area contributed by atoms with Gasteiger partial charge in [-0.15, -0.1) is 10.2 Å². The Kier molecular flexibility index (Phi) is 3.37. The van der Waals surface area contributed by atoms with Gasteiger partial charge >= 0.3 is 0 Å². The van der Waals surface area contributed by atoms with Gasteiger partial charge in [0.25, 0.3) is 0 Å². The summed E-state index contributed by atoms with van der Waals surface area (Å²) in [6.07, 6.45) is 4.43. The van der Waals surface area contributed by atoms with Crippen molar-refractivity contribution in [2.45, 2.75) is 32.2 Å². The van der Waals surface area contributed by atoms with Crippen molar-refractivity contribution < 1.29 is 0 Å². The molecule has 1 aromatic heterocycles. The molecule has 19 heavy (non-hydrogen) atoms. The second kappa shape index (κ2) is 5.02. The van der Waals surface area contributed by atoms with Gasteiger partial charge in [0, 0.05) is 13.0 Å². The zero-order chi connectivity index (χ0) is 13.4. The number of hydrogen-bond donors (Lipinski definition) is 1. The van der Waals surface area contributed by atoms with E-state index >= 15 is 0 Å². The number of nitrogens with two attached hydrogens (primary N) is 1. The summed E-state index contributed by atoms with van der Waals surface area (Å²) >= 11 is 12.3. The Morgan fingerprint density at radius 3 is 2.68 bits per heavy atom. The Hall–Kier alpha value is -1.26. The van der Waals surface area contributed by atoms with Crippen molar-refractivity contribution in [1.29, 1.82) is 0 Å². The van der Waals surface area contributed by atoms with Crippen LogP contribution in [0.5, 0.6) is 0 Å². The van der Waals surface area contributed by atoms with Gasteiger partial charge in [-0.2, -0.15) is 0 Å². The fourth-order valence-corrected chi connectivity index (χ4v) is 2.87. The summed E-state index contributed by atoms with van der Waals surface area (Å²) in [5.74, 6) is 1.73. The highest BCUT2D eigenvalue weighted by atomic mass is 35.5. The average molecular weight is 297 g/mol. The summed E-state index contributed by atoms with van der Waals surface area (Å²) < 4.78 is 2.11. The monoisotopic (exact) mass is 296 g/mol. The molecule has 6 heteroatoms. The molecule has 0 amide bonds. The lowest BCUT2D eigenvalue weighted by Crippen LogP contribution is -2.05. The van der Waals surface area contributed by atoms with Crippen LogP contribution in [0.25, 0.3) is 11.4 Å². The van der Waals surface area contributed by atoms with Crippen LogP contribution in [0.2, 0.25) is 10.0 Å². The van der Waals surface area contributed by atoms with E-state index in [1.165, 1.54) is 6.42 Å². The van der Waals surface area contributed by atoms with Gasteiger partial charge in [0.2, 0.25) is 0 Å². The first-order valence-corrected chi connectivity index (χ1v) is 7.10. The number of rotatable bonds is 1. The lowest BCUT2D eigenvalue weighted by atomic mass is 10.1. The Labute approximate surface area is 121 Å². The van der Waals surface area contributed by atoms with Crippen molar-refractivity contribution in [3.8, 4) is 11.4 Å². The Morgan fingerprint density at radius 1 is 1.05 bits per heavy atom. The molecule has 1 aliphatic rings. The molecule has 0 aliphatic carbocycles. The molecule has 0 radical (unpaired) electrons. The van der Waals surface area contributed by atoms with E-state index < -0.39 is 0 Å². The number of halogens is 2. The van der Waals surface area contributed by atoms with Crippen molar-refractivity contribution in [3.05, 3.63) is 28.0 Å². The Morgan fingerprint density at radius 2 is 1.84 bits per heavy atom. The number of hydrogen-bond acceptors (Lipinski definition) is 3. The summed E-state index contributed by atoms with van der Waals surface area (Å²) in [5.41, 5.74) is 7.21. The highest BCUT2D eigenvalue weighted by Crippen LogP contribution is 2.37. The normalized spacial score (nSPS) is 15.1. The van der Waals surface area contributed by atoms with E-state index in [1.54, 1.807) is 12.1 Å². The molecule has 0 unspecified atom stereocenters. The lowest BCUT2D eigenvalue weighted by molar-refractivity contribution is 0.637. The standard InChI is InChI=1S/C13H14Cl2N4/c14-8-5-6-9(15)12(16)11(8)13-18-17-10-4-2-1-3-7-19(10)13/h5-6H,1-4,7,16H2. The van der Waals surface area contributed by atoms with Crippen molar-refractivity contribution >= 4 is 28.9 Å². The van der Waals surface area contributed by atoms with Crippen molar-refractivity contribution in [3.63, 3.8) is 0 Å². The first-order valence-electron chi connectivity index (χ1n) is 6.34. The number of fused-ring (bicyclic) bond motifs is 1. The minimum absolute atomic E-state index is 0.466. The summed E-state index contributed by atoms with van der Waals surface area (Å²) in [6.45, 7) is 0.903. The van der Waals surface area contributed by atoms with E-state index in [0.29, 0.717) is 21.3 Å². The first-order chi connectivity index (χ1) is 9.18. The lowest BCUT2D eigenvalue weighted by Gasteiger charge is -2.11. The van der Waals surface area contributed by atoms with E-state index in [0.717, 1.165) is 37.5 Å². The molecule has 2 aromatic rings. The molecule has 2 heterocycles. The maximum absolute atomic E-state index is 6.26. The maximum Gasteiger partial charge on any atom is 0.167 e. The molecular weight excluding hydrogens is 283 g/mol. The van der Waals surface area contributed by atoms with Gasteiger partial charge in [-0.1, -0.05) is 29.6 Å². The summed E-state index contributed by atoms with van der Waals surface area (Å²) in [7, 11) is 0. The van der Waals surface area contributed by atoms with Gasteiger partial charge < -0.3 is 10.3 Å². The summed E-state index contributed by atoms with van der Waals surface area (Å²) in [4.78, 5) is 0. The third-order valence-corrected chi connectivity index (χ3v) is 4.12. The first kappa shape index (κ1) is 12.8. The highest BCUT2D eigenvalue weighted by molar-refractivity contribution is 6.37. The second-order valence-electron chi connectivity index (χ2n) is 4.72. The molecule has 1 aliphatic heterocycles.